The molecule has 0 saturated heterocycles. The van der Waals surface area contributed by atoms with E-state index in [1.807, 2.05) is 13.8 Å². The molecule has 0 amide bonds. The first-order chi connectivity index (χ1) is 9.19. The second-order valence-electron chi connectivity index (χ2n) is 4.52. The molecule has 4 heteroatoms. The topological polar surface area (TPSA) is 41.5 Å². The van der Waals surface area contributed by atoms with Crippen LogP contribution in [0.5, 0.6) is 0 Å². The summed E-state index contributed by atoms with van der Waals surface area (Å²) in [7, 11) is 0. The van der Waals surface area contributed by atoms with Crippen LogP contribution in [0.25, 0.3) is 0 Å². The SMILES string of the molecule is CCOCCCNC(CC)C(O)c1ccc(F)cc1. The van der Waals surface area contributed by atoms with Crippen molar-refractivity contribution in [3.8, 4) is 0 Å². The van der Waals surface area contributed by atoms with Crippen LogP contribution in [0.3, 0.4) is 0 Å². The molecule has 0 aliphatic carbocycles. The molecule has 108 valence electrons. The van der Waals surface area contributed by atoms with Crippen LogP contribution in [0, 0.1) is 5.82 Å². The molecule has 3 nitrogen and oxygen atoms in total. The van der Waals surface area contributed by atoms with Gasteiger partial charge in [-0.25, -0.2) is 4.39 Å². The molecule has 19 heavy (non-hydrogen) atoms. The highest BCUT2D eigenvalue weighted by Crippen LogP contribution is 2.19. The van der Waals surface area contributed by atoms with Gasteiger partial charge in [-0.3, -0.25) is 0 Å². The predicted octanol–water partition coefficient (Wildman–Crippen LogP) is 2.65. The Morgan fingerprint density at radius 1 is 1.26 bits per heavy atom. The summed E-state index contributed by atoms with van der Waals surface area (Å²) < 4.78 is 18.1. The first kappa shape index (κ1) is 16.1. The van der Waals surface area contributed by atoms with Gasteiger partial charge in [0.1, 0.15) is 5.82 Å². The summed E-state index contributed by atoms with van der Waals surface area (Å²) in [6.45, 7) is 6.26. The van der Waals surface area contributed by atoms with E-state index in [4.69, 9.17) is 4.74 Å². The normalized spacial score (nSPS) is 14.3. The van der Waals surface area contributed by atoms with Crippen LogP contribution in [-0.4, -0.2) is 30.9 Å². The molecule has 0 aliphatic heterocycles. The molecule has 0 spiro atoms. The number of hydrogen-bond donors (Lipinski definition) is 2. The molecule has 2 N–H and O–H groups in total. The highest BCUT2D eigenvalue weighted by Gasteiger charge is 2.18. The lowest BCUT2D eigenvalue weighted by Gasteiger charge is -2.23. The highest BCUT2D eigenvalue weighted by molar-refractivity contribution is 5.19. The smallest absolute Gasteiger partial charge is 0.123 e. The van der Waals surface area contributed by atoms with E-state index in [1.165, 1.54) is 12.1 Å². The number of benzene rings is 1. The largest absolute Gasteiger partial charge is 0.387 e. The van der Waals surface area contributed by atoms with Gasteiger partial charge in [-0.15, -0.1) is 0 Å². The van der Waals surface area contributed by atoms with Crippen LogP contribution in [0.1, 0.15) is 38.4 Å². The minimum absolute atomic E-state index is 0.0212. The zero-order valence-electron chi connectivity index (χ0n) is 11.7. The summed E-state index contributed by atoms with van der Waals surface area (Å²) in [6.07, 6.45) is 1.12. The zero-order valence-corrected chi connectivity index (χ0v) is 11.7. The minimum Gasteiger partial charge on any atom is -0.387 e. The molecule has 0 aromatic heterocycles. The van der Waals surface area contributed by atoms with Crippen molar-refractivity contribution in [3.05, 3.63) is 35.6 Å². The molecular formula is C15H24FNO2. The summed E-state index contributed by atoms with van der Waals surface area (Å²) in [5.41, 5.74) is 0.741. The minimum atomic E-state index is -0.613. The Hall–Kier alpha value is -0.970. The molecular weight excluding hydrogens is 245 g/mol. The maximum atomic E-state index is 12.8. The third-order valence-electron chi connectivity index (χ3n) is 3.11. The molecule has 0 fully saturated rings. The third kappa shape index (κ3) is 5.68. The maximum absolute atomic E-state index is 12.8. The summed E-state index contributed by atoms with van der Waals surface area (Å²) in [5.74, 6) is -0.284. The third-order valence-corrected chi connectivity index (χ3v) is 3.11. The Kier molecular flexibility index (Phi) is 7.63. The molecule has 0 bridgehead atoms. The van der Waals surface area contributed by atoms with Crippen molar-refractivity contribution in [2.24, 2.45) is 0 Å². The van der Waals surface area contributed by atoms with Crippen LogP contribution < -0.4 is 5.32 Å². The van der Waals surface area contributed by atoms with Gasteiger partial charge in [-0.05, 0) is 44.0 Å². The molecule has 1 rings (SSSR count). The molecule has 0 heterocycles. The van der Waals surface area contributed by atoms with Gasteiger partial charge in [0.05, 0.1) is 6.10 Å². The zero-order chi connectivity index (χ0) is 14.1. The maximum Gasteiger partial charge on any atom is 0.123 e. The highest BCUT2D eigenvalue weighted by atomic mass is 19.1. The number of halogens is 1. The van der Waals surface area contributed by atoms with Crippen molar-refractivity contribution in [2.75, 3.05) is 19.8 Å². The second kappa shape index (κ2) is 9.02. The van der Waals surface area contributed by atoms with Gasteiger partial charge < -0.3 is 15.2 Å². The van der Waals surface area contributed by atoms with E-state index in [1.54, 1.807) is 12.1 Å². The molecule has 2 unspecified atom stereocenters. The number of hydrogen-bond acceptors (Lipinski definition) is 3. The fourth-order valence-corrected chi connectivity index (χ4v) is 1.98. The lowest BCUT2D eigenvalue weighted by atomic mass is 10.0. The van der Waals surface area contributed by atoms with E-state index >= 15 is 0 Å². The number of ether oxygens (including phenoxy) is 1. The van der Waals surface area contributed by atoms with Crippen molar-refractivity contribution in [1.29, 1.82) is 0 Å². The van der Waals surface area contributed by atoms with Crippen molar-refractivity contribution >= 4 is 0 Å². The van der Waals surface area contributed by atoms with Gasteiger partial charge in [0.2, 0.25) is 0 Å². The molecule has 1 aromatic carbocycles. The van der Waals surface area contributed by atoms with Gasteiger partial charge in [0.15, 0.2) is 0 Å². The van der Waals surface area contributed by atoms with Crippen LogP contribution in [0.2, 0.25) is 0 Å². The lowest BCUT2D eigenvalue weighted by Crippen LogP contribution is -2.35. The Balaban J connectivity index is 2.42. The Labute approximate surface area is 114 Å². The van der Waals surface area contributed by atoms with E-state index in [0.29, 0.717) is 0 Å². The summed E-state index contributed by atoms with van der Waals surface area (Å²) in [6, 6.07) is 5.99. The first-order valence-corrected chi connectivity index (χ1v) is 6.93. The molecule has 0 radical (unpaired) electrons. The Morgan fingerprint density at radius 3 is 2.53 bits per heavy atom. The summed E-state index contributed by atoms with van der Waals surface area (Å²) in [4.78, 5) is 0. The Bertz CT molecular complexity index is 343. The van der Waals surface area contributed by atoms with Crippen molar-refractivity contribution < 1.29 is 14.2 Å². The number of rotatable bonds is 9. The van der Waals surface area contributed by atoms with Crippen molar-refractivity contribution in [1.82, 2.24) is 5.32 Å². The van der Waals surface area contributed by atoms with Crippen molar-refractivity contribution in [3.63, 3.8) is 0 Å². The van der Waals surface area contributed by atoms with E-state index < -0.39 is 6.10 Å². The second-order valence-corrected chi connectivity index (χ2v) is 4.52. The van der Waals surface area contributed by atoms with Gasteiger partial charge in [0.25, 0.3) is 0 Å². The molecule has 2 atom stereocenters. The molecule has 1 aromatic rings. The lowest BCUT2D eigenvalue weighted by molar-refractivity contribution is 0.118. The fourth-order valence-electron chi connectivity index (χ4n) is 1.98. The van der Waals surface area contributed by atoms with Gasteiger partial charge in [0, 0.05) is 19.3 Å². The van der Waals surface area contributed by atoms with Gasteiger partial charge in [-0.2, -0.15) is 0 Å². The van der Waals surface area contributed by atoms with Crippen LogP contribution in [-0.2, 0) is 4.74 Å². The quantitative estimate of drug-likeness (QED) is 0.677. The van der Waals surface area contributed by atoms with E-state index in [9.17, 15) is 9.50 Å². The Morgan fingerprint density at radius 2 is 1.95 bits per heavy atom. The average Bonchev–Trinajstić information content (AvgIpc) is 2.43. The molecule has 0 saturated carbocycles. The van der Waals surface area contributed by atoms with E-state index in [0.717, 1.165) is 38.2 Å². The number of aliphatic hydroxyl groups is 1. The van der Waals surface area contributed by atoms with Crippen LogP contribution in [0.4, 0.5) is 4.39 Å². The summed E-state index contributed by atoms with van der Waals surface area (Å²) >= 11 is 0. The monoisotopic (exact) mass is 269 g/mol. The fraction of sp³-hybridized carbons (Fsp3) is 0.600. The number of nitrogens with one attached hydrogen (secondary N) is 1. The van der Waals surface area contributed by atoms with Crippen LogP contribution >= 0.6 is 0 Å². The number of aliphatic hydroxyl groups excluding tert-OH is 1. The summed E-state index contributed by atoms with van der Waals surface area (Å²) in [5, 5.41) is 13.6. The van der Waals surface area contributed by atoms with Crippen LogP contribution in [0.15, 0.2) is 24.3 Å². The molecule has 0 aliphatic rings. The van der Waals surface area contributed by atoms with Gasteiger partial charge >= 0.3 is 0 Å². The average molecular weight is 269 g/mol. The van der Waals surface area contributed by atoms with Gasteiger partial charge in [-0.1, -0.05) is 19.1 Å². The predicted molar refractivity (Wildman–Crippen MR) is 74.6 cm³/mol. The first-order valence-electron chi connectivity index (χ1n) is 6.93. The van der Waals surface area contributed by atoms with E-state index in [2.05, 4.69) is 5.32 Å². The standard InChI is InChI=1S/C15H24FNO2/c1-3-14(17-10-5-11-19-4-2)15(18)12-6-8-13(16)9-7-12/h6-9,14-15,17-18H,3-5,10-11H2,1-2H3. The van der Waals surface area contributed by atoms with Crippen molar-refractivity contribution in [2.45, 2.75) is 38.8 Å². The van der Waals surface area contributed by atoms with E-state index in [-0.39, 0.29) is 11.9 Å².